The Hall–Kier alpha value is -4.64. The number of aliphatic hydroxyl groups excluding tert-OH is 1. The Kier molecular flexibility index (Phi) is 8.88. The molecule has 6 rings (SSSR count). The second kappa shape index (κ2) is 13.2. The van der Waals surface area contributed by atoms with E-state index < -0.39 is 18.2 Å². The lowest BCUT2D eigenvalue weighted by atomic mass is 9.94. The van der Waals surface area contributed by atoms with E-state index in [1.807, 2.05) is 17.9 Å². The molecule has 0 aliphatic carbocycles. The fourth-order valence-electron chi connectivity index (χ4n) is 6.02. The number of anilines is 2. The summed E-state index contributed by atoms with van der Waals surface area (Å²) >= 11 is 0. The summed E-state index contributed by atoms with van der Waals surface area (Å²) in [5, 5.41) is 25.4. The number of nitriles is 1. The first kappa shape index (κ1) is 30.4. The van der Waals surface area contributed by atoms with Gasteiger partial charge in [0, 0.05) is 68.5 Å². The first-order valence-electron chi connectivity index (χ1n) is 14.9. The van der Waals surface area contributed by atoms with Crippen LogP contribution in [0.25, 0.3) is 16.9 Å². The maximum atomic E-state index is 15.0. The van der Waals surface area contributed by atoms with E-state index in [9.17, 15) is 18.7 Å². The molecule has 2 fully saturated rings. The lowest BCUT2D eigenvalue weighted by molar-refractivity contribution is 0.0370. The second-order valence-corrected chi connectivity index (χ2v) is 11.4. The molecule has 4 heterocycles. The molecule has 2 saturated heterocycles. The molecule has 0 bridgehead atoms. The van der Waals surface area contributed by atoms with Crippen molar-refractivity contribution < 1.29 is 23.4 Å². The predicted octanol–water partition coefficient (Wildman–Crippen LogP) is 3.36. The molecule has 45 heavy (non-hydrogen) atoms. The molecule has 234 valence electrons. The Labute approximate surface area is 259 Å². The first-order chi connectivity index (χ1) is 21.8. The fourth-order valence-corrected chi connectivity index (χ4v) is 6.02. The van der Waals surface area contributed by atoms with Gasteiger partial charge in [0.15, 0.2) is 29.6 Å². The summed E-state index contributed by atoms with van der Waals surface area (Å²) in [5.74, 6) is -2.01. The van der Waals surface area contributed by atoms with Gasteiger partial charge in [-0.1, -0.05) is 0 Å². The molecular weight excluding hydrogens is 582 g/mol. The average molecular weight is 617 g/mol. The van der Waals surface area contributed by atoms with Crippen LogP contribution in [0.2, 0.25) is 0 Å². The summed E-state index contributed by atoms with van der Waals surface area (Å²) in [6.45, 7) is 6.71. The third-order valence-corrected chi connectivity index (χ3v) is 8.50. The topological polar surface area (TPSA) is 131 Å². The molecular formula is C32H34F2N8O3. The number of aryl methyl sites for hydroxylation is 1. The molecule has 3 N–H and O–H groups in total. The number of ether oxygens (including phenoxy) is 1. The Morgan fingerprint density at radius 1 is 1.18 bits per heavy atom. The van der Waals surface area contributed by atoms with Gasteiger partial charge in [0.2, 0.25) is 5.82 Å². The summed E-state index contributed by atoms with van der Waals surface area (Å²) in [4.78, 5) is 26.4. The van der Waals surface area contributed by atoms with Crippen molar-refractivity contribution in [2.45, 2.75) is 19.4 Å². The number of fused-ring (bicyclic) bond motifs is 1. The molecule has 2 aromatic heterocycles. The molecule has 2 aliphatic heterocycles. The quantitative estimate of drug-likeness (QED) is 0.273. The van der Waals surface area contributed by atoms with Crippen molar-refractivity contribution >= 4 is 23.1 Å². The first-order valence-corrected chi connectivity index (χ1v) is 14.9. The molecule has 0 spiro atoms. The number of benzene rings is 2. The monoisotopic (exact) mass is 616 g/mol. The van der Waals surface area contributed by atoms with Crippen molar-refractivity contribution in [1.82, 2.24) is 29.5 Å². The molecule has 1 amide bonds. The van der Waals surface area contributed by atoms with Crippen LogP contribution in [0, 0.1) is 35.8 Å². The zero-order valence-electron chi connectivity index (χ0n) is 24.8. The second-order valence-electron chi connectivity index (χ2n) is 11.4. The largest absolute Gasteiger partial charge is 0.476 e. The molecule has 2 atom stereocenters. The lowest BCUT2D eigenvalue weighted by Crippen LogP contribution is -2.52. The third-order valence-electron chi connectivity index (χ3n) is 8.50. The summed E-state index contributed by atoms with van der Waals surface area (Å²) in [5.41, 5.74) is 2.79. The van der Waals surface area contributed by atoms with Gasteiger partial charge >= 0.3 is 0 Å². The van der Waals surface area contributed by atoms with Gasteiger partial charge in [0.25, 0.3) is 5.91 Å². The van der Waals surface area contributed by atoms with Gasteiger partial charge in [-0.3, -0.25) is 14.1 Å². The van der Waals surface area contributed by atoms with Crippen LogP contribution in [0.1, 0.15) is 22.3 Å². The molecule has 4 aromatic rings. The number of imidazole rings is 1. The number of piperazine rings is 1. The molecule has 0 radical (unpaired) electrons. The summed E-state index contributed by atoms with van der Waals surface area (Å²) < 4.78 is 36.1. The number of nitrogens with zero attached hydrogens (tertiary/aromatic N) is 6. The van der Waals surface area contributed by atoms with Gasteiger partial charge in [-0.2, -0.15) is 9.65 Å². The number of rotatable bonds is 8. The van der Waals surface area contributed by atoms with Crippen LogP contribution in [0.5, 0.6) is 5.75 Å². The molecule has 11 nitrogen and oxygen atoms in total. The van der Waals surface area contributed by atoms with Crippen molar-refractivity contribution in [1.29, 1.82) is 5.26 Å². The number of hydrogen-bond donors (Lipinski definition) is 3. The van der Waals surface area contributed by atoms with E-state index in [0.29, 0.717) is 48.0 Å². The van der Waals surface area contributed by atoms with E-state index in [-0.39, 0.29) is 29.2 Å². The molecule has 0 unspecified atom stereocenters. The highest BCUT2D eigenvalue weighted by Gasteiger charge is 2.28. The highest BCUT2D eigenvalue weighted by molar-refractivity contribution is 5.96. The van der Waals surface area contributed by atoms with E-state index in [1.165, 1.54) is 24.5 Å². The van der Waals surface area contributed by atoms with Crippen molar-refractivity contribution in [3.63, 3.8) is 0 Å². The number of aliphatic hydroxyl groups is 1. The summed E-state index contributed by atoms with van der Waals surface area (Å²) in [6.07, 6.45) is 5.18. The van der Waals surface area contributed by atoms with Crippen LogP contribution >= 0.6 is 0 Å². The van der Waals surface area contributed by atoms with Crippen molar-refractivity contribution in [3.8, 4) is 23.1 Å². The standard InChI is InChI=1S/C32H34F2N8O3/c1-20-16-22(2-3-23(20)32(44)41-13-11-40(12-14-41)19-21-6-8-36-18-26(21)43)39-30-31-38-17-25(42(31)10-9-37-30)24-4-5-27(45-15-7-35)29(34)28(24)33/h2-5,9-10,16-17,21,26,36,43H,6,8,11-15,18-19H2,1H3,(H,37,39)/t21-,26-/m0/s1. The number of nitrogens with one attached hydrogen (secondary N) is 2. The fraction of sp³-hybridized carbons (Fsp3) is 0.375. The normalized spacial score (nSPS) is 19.0. The van der Waals surface area contributed by atoms with E-state index in [0.717, 1.165) is 38.2 Å². The van der Waals surface area contributed by atoms with Gasteiger partial charge in [0.1, 0.15) is 6.07 Å². The number of carbonyl (C=O) groups is 1. The van der Waals surface area contributed by atoms with E-state index >= 15 is 0 Å². The van der Waals surface area contributed by atoms with Crippen LogP contribution in [-0.2, 0) is 0 Å². The van der Waals surface area contributed by atoms with Crippen LogP contribution in [-0.4, -0.2) is 93.7 Å². The smallest absolute Gasteiger partial charge is 0.254 e. The number of hydrogen-bond acceptors (Lipinski definition) is 9. The summed E-state index contributed by atoms with van der Waals surface area (Å²) in [7, 11) is 0. The third kappa shape index (κ3) is 6.30. The van der Waals surface area contributed by atoms with Crippen LogP contribution in [0.4, 0.5) is 20.3 Å². The highest BCUT2D eigenvalue weighted by atomic mass is 19.2. The molecule has 0 saturated carbocycles. The summed E-state index contributed by atoms with van der Waals surface area (Å²) in [6, 6.07) is 9.84. The van der Waals surface area contributed by atoms with E-state index in [1.54, 1.807) is 28.8 Å². The Morgan fingerprint density at radius 3 is 2.76 bits per heavy atom. The van der Waals surface area contributed by atoms with E-state index in [4.69, 9.17) is 10.00 Å². The van der Waals surface area contributed by atoms with Gasteiger partial charge < -0.3 is 25.4 Å². The maximum Gasteiger partial charge on any atom is 0.254 e. The number of aromatic nitrogens is 3. The lowest BCUT2D eigenvalue weighted by Gasteiger charge is -2.38. The average Bonchev–Trinajstić information content (AvgIpc) is 3.48. The van der Waals surface area contributed by atoms with Gasteiger partial charge in [-0.05, 0) is 61.7 Å². The molecule has 2 aliphatic rings. The zero-order valence-corrected chi connectivity index (χ0v) is 24.8. The highest BCUT2D eigenvalue weighted by Crippen LogP contribution is 2.32. The van der Waals surface area contributed by atoms with Crippen molar-refractivity contribution in [2.24, 2.45) is 5.92 Å². The van der Waals surface area contributed by atoms with Gasteiger partial charge in [0.05, 0.1) is 18.0 Å². The van der Waals surface area contributed by atoms with Crippen molar-refractivity contribution in [2.75, 3.05) is 57.7 Å². The Bertz CT molecular complexity index is 1750. The molecule has 13 heteroatoms. The van der Waals surface area contributed by atoms with Gasteiger partial charge in [-0.15, -0.1) is 0 Å². The number of piperidine rings is 1. The van der Waals surface area contributed by atoms with Gasteiger partial charge in [-0.25, -0.2) is 14.4 Å². The Morgan fingerprint density at radius 2 is 2.00 bits per heavy atom. The number of β-amino-alcohol motifs (C(OH)–C–C–N with tert-alkyl or cyclic N) is 1. The van der Waals surface area contributed by atoms with Crippen LogP contribution in [0.3, 0.4) is 0 Å². The zero-order chi connectivity index (χ0) is 31.5. The minimum atomic E-state index is -1.19. The molecule has 2 aromatic carbocycles. The SMILES string of the molecule is Cc1cc(Nc2nccn3c(-c4ccc(OCC#N)c(F)c4F)cnc23)ccc1C(=O)N1CCN(C[C@@H]2CCNC[C@@H]2O)CC1. The number of amides is 1. The minimum Gasteiger partial charge on any atom is -0.476 e. The number of halogens is 2. The van der Waals surface area contributed by atoms with Crippen LogP contribution < -0.4 is 15.4 Å². The maximum absolute atomic E-state index is 15.0. The van der Waals surface area contributed by atoms with E-state index in [2.05, 4.69) is 25.5 Å². The Balaban J connectivity index is 1.13. The minimum absolute atomic E-state index is 0.0166. The van der Waals surface area contributed by atoms with Crippen LogP contribution in [0.15, 0.2) is 48.9 Å². The van der Waals surface area contributed by atoms with Crippen molar-refractivity contribution in [3.05, 3.63) is 71.7 Å². The predicted molar refractivity (Wildman–Crippen MR) is 163 cm³/mol. The number of carbonyl (C=O) groups excluding carboxylic acids is 1.